The third kappa shape index (κ3) is 51.8. The number of ether oxygens (including phenoxy) is 3. The van der Waals surface area contributed by atoms with E-state index in [1.54, 1.807) is 0 Å². The summed E-state index contributed by atoms with van der Waals surface area (Å²) in [6.07, 6.45) is 60.0. The van der Waals surface area contributed by atoms with Crippen LogP contribution in [0.15, 0.2) is 72.9 Å². The molecule has 0 aromatic rings. The van der Waals surface area contributed by atoms with E-state index < -0.39 is 57.8 Å². The smallest absolute Gasteiger partial charge is 0.462 e. The van der Waals surface area contributed by atoms with Crippen molar-refractivity contribution in [3.05, 3.63) is 72.9 Å². The summed E-state index contributed by atoms with van der Waals surface area (Å²) in [4.78, 5) is 48.5. The van der Waals surface area contributed by atoms with Crippen molar-refractivity contribution in [3.63, 3.8) is 0 Å². The molecule has 0 saturated heterocycles. The van der Waals surface area contributed by atoms with Gasteiger partial charge in [-0.15, -0.1) is 0 Å². The molecule has 11 nitrogen and oxygen atoms in total. The van der Waals surface area contributed by atoms with Gasteiger partial charge in [0.2, 0.25) is 0 Å². The van der Waals surface area contributed by atoms with Crippen molar-refractivity contribution in [1.82, 2.24) is 0 Å². The first-order valence-corrected chi connectivity index (χ1v) is 30.3. The van der Waals surface area contributed by atoms with Gasteiger partial charge in [0.05, 0.1) is 19.8 Å². The average molecular weight is 1030 g/mol. The maximum atomic E-state index is 12.9. The molecule has 3 unspecified atom stereocenters. The summed E-state index contributed by atoms with van der Waals surface area (Å²) in [6, 6.07) is 0. The molecule has 12 heteroatoms. The second kappa shape index (κ2) is 54.2. The molecule has 0 bridgehead atoms. The highest BCUT2D eigenvalue weighted by molar-refractivity contribution is 7.47. The highest BCUT2D eigenvalue weighted by atomic mass is 31.2. The number of phosphoric ester groups is 1. The predicted octanol–water partition coefficient (Wildman–Crippen LogP) is 16.9. The van der Waals surface area contributed by atoms with Crippen LogP contribution in [0.1, 0.15) is 252 Å². The quantitative estimate of drug-likeness (QED) is 0.0197. The zero-order valence-corrected chi connectivity index (χ0v) is 46.8. The first-order valence-electron chi connectivity index (χ1n) is 28.8. The number of allylic oxidation sites excluding steroid dienone is 12. The molecular formula is C60H105O11P. The monoisotopic (exact) mass is 1030 g/mol. The maximum absolute atomic E-state index is 12.9. The van der Waals surface area contributed by atoms with Crippen molar-refractivity contribution in [2.75, 3.05) is 26.4 Å². The average Bonchev–Trinajstić information content (AvgIpc) is 3.37. The number of phosphoric acid groups is 1. The minimum atomic E-state index is -4.75. The van der Waals surface area contributed by atoms with Crippen LogP contribution in [-0.4, -0.2) is 66.5 Å². The number of carbonyl (C=O) groups is 3. The fraction of sp³-hybridized carbons (Fsp3) is 0.750. The number of aliphatic hydroxyl groups excluding tert-OH is 1. The van der Waals surface area contributed by atoms with Gasteiger partial charge in [-0.25, -0.2) is 4.57 Å². The lowest BCUT2D eigenvalue weighted by atomic mass is 10.0. The first-order chi connectivity index (χ1) is 35.2. The summed E-state index contributed by atoms with van der Waals surface area (Å²) >= 11 is 0. The van der Waals surface area contributed by atoms with E-state index in [9.17, 15) is 28.9 Å². The van der Waals surface area contributed by atoms with Gasteiger partial charge in [0, 0.05) is 19.3 Å². The molecule has 2 N–H and O–H groups in total. The largest absolute Gasteiger partial charge is 0.472 e. The molecule has 3 atom stereocenters. The number of hydrogen-bond acceptors (Lipinski definition) is 10. The third-order valence-corrected chi connectivity index (χ3v) is 13.1. The molecule has 0 aromatic carbocycles. The summed E-state index contributed by atoms with van der Waals surface area (Å²) in [5, 5.41) is 9.81. The van der Waals surface area contributed by atoms with Crippen molar-refractivity contribution in [1.29, 1.82) is 0 Å². The van der Waals surface area contributed by atoms with E-state index in [2.05, 4.69) is 93.7 Å². The lowest BCUT2D eigenvalue weighted by Gasteiger charge is -2.21. The van der Waals surface area contributed by atoms with Crippen molar-refractivity contribution >= 4 is 25.7 Å². The van der Waals surface area contributed by atoms with Gasteiger partial charge < -0.3 is 24.2 Å². The molecule has 0 rings (SSSR count). The lowest BCUT2D eigenvalue weighted by Crippen LogP contribution is -2.30. The fourth-order valence-corrected chi connectivity index (χ4v) is 8.58. The standard InChI is InChI=1S/C60H105O11P/c1-4-7-10-13-16-19-22-25-27-28-30-32-34-37-40-43-46-49-58(62)67-53-57(71-60(64)51-48-45-42-39-36-33-29-26-23-20-17-14-11-8-5-2)55-69-72(65,66)68-54-56(52-61)70-59(63)50-47-44-41-38-35-31-24-21-18-15-12-9-6-3/h7-8,10-11,16-17,19-20,25-27,29,56-57,61H,4-6,9,12-15,18,21-24,28,30-55H2,1-3H3,(H,65,66)/b10-7-,11-8-,19-16-,20-17-,27-25-,29-26-. The van der Waals surface area contributed by atoms with Crippen LogP contribution in [0, 0.1) is 0 Å². The number of rotatable bonds is 53. The van der Waals surface area contributed by atoms with Gasteiger partial charge in [0.25, 0.3) is 0 Å². The summed E-state index contributed by atoms with van der Waals surface area (Å²) in [7, 11) is -4.75. The Bertz CT molecular complexity index is 1490. The van der Waals surface area contributed by atoms with Crippen LogP contribution in [0.3, 0.4) is 0 Å². The molecule has 0 amide bonds. The van der Waals surface area contributed by atoms with Gasteiger partial charge in [-0.05, 0) is 83.5 Å². The Labute approximate surface area is 439 Å². The molecule has 0 saturated carbocycles. The molecule has 72 heavy (non-hydrogen) atoms. The van der Waals surface area contributed by atoms with E-state index in [4.69, 9.17) is 23.3 Å². The highest BCUT2D eigenvalue weighted by Crippen LogP contribution is 2.43. The number of hydrogen-bond donors (Lipinski definition) is 2. The molecule has 0 aliphatic carbocycles. The Kier molecular flexibility index (Phi) is 51.9. The summed E-state index contributed by atoms with van der Waals surface area (Å²) in [5.74, 6) is -1.49. The third-order valence-electron chi connectivity index (χ3n) is 12.1. The molecule has 0 radical (unpaired) electrons. The van der Waals surface area contributed by atoms with Gasteiger partial charge in [-0.2, -0.15) is 0 Å². The van der Waals surface area contributed by atoms with E-state index >= 15 is 0 Å². The molecule has 0 aromatic heterocycles. The lowest BCUT2D eigenvalue weighted by molar-refractivity contribution is -0.161. The summed E-state index contributed by atoms with van der Waals surface area (Å²) in [5.41, 5.74) is 0. The minimum Gasteiger partial charge on any atom is -0.462 e. The van der Waals surface area contributed by atoms with Gasteiger partial charge in [0.1, 0.15) is 12.7 Å². The topological polar surface area (TPSA) is 155 Å². The first kappa shape index (κ1) is 68.9. The van der Waals surface area contributed by atoms with Crippen LogP contribution in [0.4, 0.5) is 0 Å². The maximum Gasteiger partial charge on any atom is 0.472 e. The number of unbranched alkanes of at least 4 members (excludes halogenated alkanes) is 24. The van der Waals surface area contributed by atoms with Crippen molar-refractivity contribution < 1.29 is 52.2 Å². The van der Waals surface area contributed by atoms with Gasteiger partial charge in [0.15, 0.2) is 6.10 Å². The van der Waals surface area contributed by atoms with E-state index in [1.807, 2.05) is 0 Å². The Balaban J connectivity index is 4.75. The number of aliphatic hydroxyl groups is 1. The normalized spacial score (nSPS) is 13.9. The Morgan fingerprint density at radius 1 is 0.403 bits per heavy atom. The van der Waals surface area contributed by atoms with E-state index in [1.165, 1.54) is 70.6 Å². The molecule has 0 aliphatic rings. The molecule has 0 spiro atoms. The van der Waals surface area contributed by atoms with Gasteiger partial charge in [-0.1, -0.05) is 222 Å². The zero-order chi connectivity index (χ0) is 52.7. The Morgan fingerprint density at radius 2 is 0.722 bits per heavy atom. The summed E-state index contributed by atoms with van der Waals surface area (Å²) < 4.78 is 39.5. The van der Waals surface area contributed by atoms with E-state index in [0.717, 1.165) is 122 Å². The van der Waals surface area contributed by atoms with Crippen LogP contribution in [0.25, 0.3) is 0 Å². The molecular weight excluding hydrogens is 928 g/mol. The molecule has 0 aliphatic heterocycles. The van der Waals surface area contributed by atoms with Gasteiger partial charge in [-0.3, -0.25) is 23.4 Å². The minimum absolute atomic E-state index is 0.145. The van der Waals surface area contributed by atoms with Crippen molar-refractivity contribution in [3.8, 4) is 0 Å². The SMILES string of the molecule is CC/C=C\C/C=C\C/C=C\CCCCCCCCCC(=O)OCC(COP(=O)(O)OCC(CO)OC(=O)CCCCCCCCCCCCCCC)OC(=O)CCCCCCC/C=C\C/C=C\C/C=C\CC. The van der Waals surface area contributed by atoms with Crippen LogP contribution in [0.2, 0.25) is 0 Å². The summed E-state index contributed by atoms with van der Waals surface area (Å²) in [6.45, 7) is 4.41. The molecule has 0 heterocycles. The van der Waals surface area contributed by atoms with Crippen molar-refractivity contribution in [2.45, 2.75) is 264 Å². The van der Waals surface area contributed by atoms with Crippen LogP contribution in [0.5, 0.6) is 0 Å². The Hall–Kier alpha value is -3.08. The second-order valence-corrected chi connectivity index (χ2v) is 20.5. The second-order valence-electron chi connectivity index (χ2n) is 19.0. The van der Waals surface area contributed by atoms with Crippen LogP contribution < -0.4 is 0 Å². The highest BCUT2D eigenvalue weighted by Gasteiger charge is 2.28. The van der Waals surface area contributed by atoms with Crippen LogP contribution >= 0.6 is 7.82 Å². The Morgan fingerprint density at radius 3 is 1.11 bits per heavy atom. The van der Waals surface area contributed by atoms with E-state index in [-0.39, 0.29) is 25.9 Å². The number of carbonyl (C=O) groups excluding carboxylic acids is 3. The molecule has 0 fully saturated rings. The van der Waals surface area contributed by atoms with Crippen LogP contribution in [-0.2, 0) is 42.2 Å². The van der Waals surface area contributed by atoms with Gasteiger partial charge >= 0.3 is 25.7 Å². The fourth-order valence-electron chi connectivity index (χ4n) is 7.80. The van der Waals surface area contributed by atoms with Crippen molar-refractivity contribution in [2.24, 2.45) is 0 Å². The molecule has 416 valence electrons. The number of esters is 3. The predicted molar refractivity (Wildman–Crippen MR) is 298 cm³/mol. The zero-order valence-electron chi connectivity index (χ0n) is 45.9. The van der Waals surface area contributed by atoms with E-state index in [0.29, 0.717) is 19.3 Å².